The summed E-state index contributed by atoms with van der Waals surface area (Å²) in [4.78, 5) is 2.37. The van der Waals surface area contributed by atoms with Crippen LogP contribution in [-0.2, 0) is 0 Å². The lowest BCUT2D eigenvalue weighted by molar-refractivity contribution is 0.674. The van der Waals surface area contributed by atoms with Crippen LogP contribution in [0.5, 0.6) is 0 Å². The Labute approximate surface area is 318 Å². The Morgan fingerprint density at radius 1 is 0.345 bits per heavy atom. The van der Waals surface area contributed by atoms with Gasteiger partial charge in [0.1, 0.15) is 11.2 Å². The fraction of sp³-hybridized carbons (Fsp3) is 0. The smallest absolute Gasteiger partial charge is 0.143 e. The number of rotatable bonds is 6. The molecule has 0 aliphatic rings. The predicted octanol–water partition coefficient (Wildman–Crippen LogP) is 14.6. The fourth-order valence-corrected chi connectivity index (χ4v) is 8.40. The third-order valence-corrected chi connectivity index (χ3v) is 11.0. The summed E-state index contributed by atoms with van der Waals surface area (Å²) in [6.45, 7) is 0. The molecule has 0 saturated carbocycles. The van der Waals surface area contributed by atoms with E-state index in [1.54, 1.807) is 0 Å². The molecule has 0 spiro atoms. The van der Waals surface area contributed by atoms with Crippen LogP contribution in [0.15, 0.2) is 211 Å². The second-order valence-corrected chi connectivity index (χ2v) is 14.1. The van der Waals surface area contributed by atoms with E-state index >= 15 is 0 Å². The third-order valence-electron chi connectivity index (χ3n) is 11.0. The standard InChI is InChI=1S/C52H34N2O/c1-3-13-35(14-4-1)38-16-11-19-41(33-38)53(42-30-32-50-48(34-42)45-21-9-10-24-49(45)54(50)39-17-5-2-6-18-39)40-28-25-37(26-29-40)44-22-12-23-46-47-31-27-36-15-7-8-20-43(36)52(47)55-51(44)46/h1-34H. The molecule has 3 heteroatoms. The lowest BCUT2D eigenvalue weighted by Gasteiger charge is -2.26. The van der Waals surface area contributed by atoms with E-state index in [9.17, 15) is 0 Å². The summed E-state index contributed by atoms with van der Waals surface area (Å²) in [6.07, 6.45) is 0. The molecule has 0 N–H and O–H groups in total. The molecule has 0 bridgehead atoms. The van der Waals surface area contributed by atoms with Crippen molar-refractivity contribution in [1.82, 2.24) is 4.57 Å². The molecule has 0 unspecified atom stereocenters. The average Bonchev–Trinajstić information content (AvgIpc) is 3.81. The lowest BCUT2D eigenvalue weighted by atomic mass is 10.0. The van der Waals surface area contributed by atoms with E-state index in [1.165, 1.54) is 38.3 Å². The second-order valence-electron chi connectivity index (χ2n) is 14.1. The van der Waals surface area contributed by atoms with Gasteiger partial charge in [0.15, 0.2) is 0 Å². The van der Waals surface area contributed by atoms with Crippen molar-refractivity contribution in [3.63, 3.8) is 0 Å². The van der Waals surface area contributed by atoms with Gasteiger partial charge in [0.05, 0.1) is 11.0 Å². The van der Waals surface area contributed by atoms with Crippen LogP contribution in [0.1, 0.15) is 0 Å². The molecule has 0 radical (unpaired) electrons. The molecule has 0 amide bonds. The Balaban J connectivity index is 1.08. The maximum absolute atomic E-state index is 6.72. The number of hydrogen-bond acceptors (Lipinski definition) is 2. The van der Waals surface area contributed by atoms with Crippen LogP contribution in [0.2, 0.25) is 0 Å². The van der Waals surface area contributed by atoms with Crippen LogP contribution < -0.4 is 4.90 Å². The predicted molar refractivity (Wildman–Crippen MR) is 231 cm³/mol. The molecular weight excluding hydrogens is 669 g/mol. The SMILES string of the molecule is c1ccc(-c2cccc(N(c3ccc(-c4cccc5c4oc4c6ccccc6ccc54)cc3)c3ccc4c(c3)c3ccccc3n4-c3ccccc3)c2)cc1. The monoisotopic (exact) mass is 702 g/mol. The molecule has 0 saturated heterocycles. The van der Waals surface area contributed by atoms with Crippen molar-refractivity contribution in [2.24, 2.45) is 0 Å². The molecule has 0 fully saturated rings. The summed E-state index contributed by atoms with van der Waals surface area (Å²) in [6, 6.07) is 73.9. The first kappa shape index (κ1) is 31.2. The summed E-state index contributed by atoms with van der Waals surface area (Å²) >= 11 is 0. The van der Waals surface area contributed by atoms with E-state index in [4.69, 9.17) is 4.42 Å². The van der Waals surface area contributed by atoms with Crippen molar-refractivity contribution in [1.29, 1.82) is 0 Å². The molecule has 0 atom stereocenters. The third kappa shape index (κ3) is 5.13. The lowest BCUT2D eigenvalue weighted by Crippen LogP contribution is -2.10. The minimum absolute atomic E-state index is 0.911. The molecule has 11 aromatic rings. The number of nitrogens with zero attached hydrogens (tertiary/aromatic N) is 2. The number of furan rings is 1. The fourth-order valence-electron chi connectivity index (χ4n) is 8.40. The zero-order chi connectivity index (χ0) is 36.3. The molecule has 2 heterocycles. The Bertz CT molecular complexity index is 3190. The van der Waals surface area contributed by atoms with E-state index in [2.05, 4.69) is 216 Å². The molecule has 55 heavy (non-hydrogen) atoms. The van der Waals surface area contributed by atoms with E-state index in [1.807, 2.05) is 0 Å². The van der Waals surface area contributed by atoms with Gasteiger partial charge >= 0.3 is 0 Å². The van der Waals surface area contributed by atoms with Gasteiger partial charge in [0, 0.05) is 55.2 Å². The second kappa shape index (κ2) is 12.6. The largest absolute Gasteiger partial charge is 0.455 e. The number of anilines is 3. The zero-order valence-corrected chi connectivity index (χ0v) is 29.9. The van der Waals surface area contributed by atoms with Gasteiger partial charge in [0.2, 0.25) is 0 Å². The molecule has 3 nitrogen and oxygen atoms in total. The molecule has 11 rings (SSSR count). The van der Waals surface area contributed by atoms with Crippen LogP contribution in [0, 0.1) is 0 Å². The van der Waals surface area contributed by atoms with Gasteiger partial charge in [-0.05, 0) is 88.8 Å². The van der Waals surface area contributed by atoms with E-state index in [0.29, 0.717) is 0 Å². The highest BCUT2D eigenvalue weighted by molar-refractivity contribution is 6.17. The topological polar surface area (TPSA) is 21.3 Å². The number of benzene rings is 9. The molecule has 0 aliphatic carbocycles. The first-order chi connectivity index (χ1) is 27.3. The van der Waals surface area contributed by atoms with Crippen molar-refractivity contribution >= 4 is 71.6 Å². The molecule has 9 aromatic carbocycles. The average molecular weight is 703 g/mol. The van der Waals surface area contributed by atoms with Gasteiger partial charge in [-0.15, -0.1) is 0 Å². The van der Waals surface area contributed by atoms with Crippen molar-refractivity contribution in [2.75, 3.05) is 4.90 Å². The zero-order valence-electron chi connectivity index (χ0n) is 29.9. The van der Waals surface area contributed by atoms with Gasteiger partial charge in [0.25, 0.3) is 0 Å². The quantitative estimate of drug-likeness (QED) is 0.172. The summed E-state index contributed by atoms with van der Waals surface area (Å²) in [7, 11) is 0. The van der Waals surface area contributed by atoms with Crippen molar-refractivity contribution < 1.29 is 4.42 Å². The minimum Gasteiger partial charge on any atom is -0.455 e. The van der Waals surface area contributed by atoms with Crippen molar-refractivity contribution in [2.45, 2.75) is 0 Å². The van der Waals surface area contributed by atoms with Gasteiger partial charge in [-0.3, -0.25) is 0 Å². The van der Waals surface area contributed by atoms with Crippen LogP contribution in [-0.4, -0.2) is 4.57 Å². The van der Waals surface area contributed by atoms with Crippen molar-refractivity contribution in [3.05, 3.63) is 206 Å². The first-order valence-corrected chi connectivity index (χ1v) is 18.8. The summed E-state index contributed by atoms with van der Waals surface area (Å²) in [5.41, 5.74) is 13.2. The maximum atomic E-state index is 6.72. The van der Waals surface area contributed by atoms with E-state index in [0.717, 1.165) is 61.2 Å². The number of para-hydroxylation sites is 3. The molecule has 0 aliphatic heterocycles. The first-order valence-electron chi connectivity index (χ1n) is 18.8. The number of fused-ring (bicyclic) bond motifs is 8. The highest BCUT2D eigenvalue weighted by Gasteiger charge is 2.19. The Kier molecular flexibility index (Phi) is 7.17. The van der Waals surface area contributed by atoms with E-state index in [-0.39, 0.29) is 0 Å². The summed E-state index contributed by atoms with van der Waals surface area (Å²) in [5.74, 6) is 0. The van der Waals surface area contributed by atoms with Crippen LogP contribution in [0.4, 0.5) is 17.1 Å². The highest BCUT2D eigenvalue weighted by Crippen LogP contribution is 2.43. The van der Waals surface area contributed by atoms with Crippen LogP contribution >= 0.6 is 0 Å². The summed E-state index contributed by atoms with van der Waals surface area (Å²) < 4.78 is 9.09. The number of aromatic nitrogens is 1. The van der Waals surface area contributed by atoms with Crippen LogP contribution in [0.25, 0.3) is 82.5 Å². The molecule has 2 aromatic heterocycles. The van der Waals surface area contributed by atoms with Gasteiger partial charge < -0.3 is 13.9 Å². The molecular formula is C52H34N2O. The minimum atomic E-state index is 0.911. The van der Waals surface area contributed by atoms with E-state index < -0.39 is 0 Å². The van der Waals surface area contributed by atoms with Gasteiger partial charge in [-0.2, -0.15) is 0 Å². The number of hydrogen-bond donors (Lipinski definition) is 0. The maximum Gasteiger partial charge on any atom is 0.143 e. The summed E-state index contributed by atoms with van der Waals surface area (Å²) in [5, 5.41) is 7.02. The normalized spacial score (nSPS) is 11.6. The van der Waals surface area contributed by atoms with Crippen molar-refractivity contribution in [3.8, 4) is 27.9 Å². The van der Waals surface area contributed by atoms with Crippen LogP contribution in [0.3, 0.4) is 0 Å². The Morgan fingerprint density at radius 3 is 1.84 bits per heavy atom. The Morgan fingerprint density at radius 2 is 0.982 bits per heavy atom. The van der Waals surface area contributed by atoms with Gasteiger partial charge in [-0.25, -0.2) is 0 Å². The Hall–Kier alpha value is -7.36. The highest BCUT2D eigenvalue weighted by atomic mass is 16.3. The van der Waals surface area contributed by atoms with Gasteiger partial charge in [-0.1, -0.05) is 140 Å². The molecule has 258 valence electrons.